The fourth-order valence-corrected chi connectivity index (χ4v) is 3.22. The van der Waals surface area contributed by atoms with Crippen LogP contribution < -0.4 is 9.47 Å². The maximum atomic E-state index is 14.2. The largest absolute Gasteiger partial charge is 0.481 e. The predicted octanol–water partition coefficient (Wildman–Crippen LogP) is 0.645. The van der Waals surface area contributed by atoms with Gasteiger partial charge in [-0.15, -0.1) is 5.10 Å². The molecule has 3 rings (SSSR count). The van der Waals surface area contributed by atoms with E-state index in [1.54, 1.807) is 26.2 Å². The van der Waals surface area contributed by atoms with Crippen molar-refractivity contribution in [1.82, 2.24) is 29.8 Å². The van der Waals surface area contributed by atoms with Crippen LogP contribution in [0.1, 0.15) is 27.3 Å². The van der Waals surface area contributed by atoms with Gasteiger partial charge in [0.1, 0.15) is 11.7 Å². The summed E-state index contributed by atoms with van der Waals surface area (Å²) in [5.41, 5.74) is 0.401. The topological polar surface area (TPSA) is 103 Å². The highest BCUT2D eigenvalue weighted by Gasteiger charge is 2.37. The lowest BCUT2D eigenvalue weighted by Gasteiger charge is -2.24. The van der Waals surface area contributed by atoms with Gasteiger partial charge in [-0.1, -0.05) is 5.21 Å². The molecule has 2 amide bonds. The maximum absolute atomic E-state index is 14.2. The molecule has 11 heteroatoms. The predicted molar refractivity (Wildman–Crippen MR) is 99.7 cm³/mol. The number of hydrogen-bond donors (Lipinski definition) is 0. The molecule has 29 heavy (non-hydrogen) atoms. The number of likely N-dealkylation sites (tertiary alicyclic amines) is 1. The Kier molecular flexibility index (Phi) is 5.95. The molecule has 0 saturated carbocycles. The third-order valence-electron chi connectivity index (χ3n) is 4.65. The fourth-order valence-electron chi connectivity index (χ4n) is 3.22. The molecule has 0 N–H and O–H groups in total. The Bertz CT molecular complexity index is 902. The lowest BCUT2D eigenvalue weighted by molar-refractivity contribution is 0.0709. The molecule has 2 aromatic rings. The van der Waals surface area contributed by atoms with Crippen molar-refractivity contribution in [3.63, 3.8) is 0 Å². The molecule has 10 nitrogen and oxygen atoms in total. The zero-order chi connectivity index (χ0) is 21.1. The van der Waals surface area contributed by atoms with Gasteiger partial charge < -0.3 is 19.3 Å². The molecule has 156 valence electrons. The van der Waals surface area contributed by atoms with E-state index in [-0.39, 0.29) is 42.6 Å². The van der Waals surface area contributed by atoms with E-state index in [1.165, 1.54) is 34.9 Å². The van der Waals surface area contributed by atoms with Crippen LogP contribution in [0.5, 0.6) is 11.8 Å². The number of alkyl halides is 1. The average molecular weight is 406 g/mol. The Morgan fingerprint density at radius 3 is 2.69 bits per heavy atom. The second kappa shape index (κ2) is 8.41. The molecule has 0 spiro atoms. The van der Waals surface area contributed by atoms with Crippen LogP contribution in [0.25, 0.3) is 0 Å². The first-order valence-corrected chi connectivity index (χ1v) is 8.99. The van der Waals surface area contributed by atoms with Gasteiger partial charge in [0.05, 0.1) is 39.5 Å². The van der Waals surface area contributed by atoms with E-state index in [1.807, 2.05) is 0 Å². The van der Waals surface area contributed by atoms with E-state index in [0.29, 0.717) is 5.88 Å². The van der Waals surface area contributed by atoms with Crippen LogP contribution in [0.2, 0.25) is 0 Å². The molecular weight excluding hydrogens is 383 g/mol. The number of halogens is 1. The van der Waals surface area contributed by atoms with Gasteiger partial charge in [-0.05, 0) is 6.07 Å². The number of nitrogens with zero attached hydrogens (tertiary/aromatic N) is 6. The van der Waals surface area contributed by atoms with E-state index >= 15 is 0 Å². The van der Waals surface area contributed by atoms with Gasteiger partial charge in [0.25, 0.3) is 11.8 Å². The lowest BCUT2D eigenvalue weighted by atomic mass is 10.2. The quantitative estimate of drug-likeness (QED) is 0.694. The van der Waals surface area contributed by atoms with Gasteiger partial charge in [-0.2, -0.15) is 4.98 Å². The standard InChI is InChI=1S/C18H23FN6O4/c1-23(2)18(27)14-10-24(22-21-14)9-12-7-11(19)8-25(12)17(26)13-5-6-15(28-3)20-16(13)29-4/h5-6,10-12H,7-9H2,1-4H3/t11-,12-/m0/s1. The molecule has 3 heterocycles. The Balaban J connectivity index is 1.80. The molecule has 0 aliphatic carbocycles. The summed E-state index contributed by atoms with van der Waals surface area (Å²) in [4.78, 5) is 32.0. The number of pyridine rings is 1. The number of carbonyl (C=O) groups is 2. The van der Waals surface area contributed by atoms with Gasteiger partial charge in [0.2, 0.25) is 11.8 Å². The van der Waals surface area contributed by atoms with Crippen LogP contribution in [-0.4, -0.2) is 88.7 Å². The molecule has 0 bridgehead atoms. The zero-order valence-corrected chi connectivity index (χ0v) is 16.7. The monoisotopic (exact) mass is 406 g/mol. The first-order chi connectivity index (χ1) is 13.8. The molecule has 0 aromatic carbocycles. The van der Waals surface area contributed by atoms with E-state index < -0.39 is 18.1 Å². The average Bonchev–Trinajstić information content (AvgIpc) is 3.32. The second-order valence-electron chi connectivity index (χ2n) is 6.88. The van der Waals surface area contributed by atoms with E-state index in [4.69, 9.17) is 9.47 Å². The minimum atomic E-state index is -1.16. The molecule has 1 aliphatic rings. The summed E-state index contributed by atoms with van der Waals surface area (Å²) in [7, 11) is 6.09. The van der Waals surface area contributed by atoms with Crippen LogP contribution in [-0.2, 0) is 6.54 Å². The number of methoxy groups -OCH3 is 2. The Morgan fingerprint density at radius 1 is 1.28 bits per heavy atom. The number of hydrogen-bond acceptors (Lipinski definition) is 7. The van der Waals surface area contributed by atoms with Crippen LogP contribution in [0.15, 0.2) is 18.3 Å². The minimum absolute atomic E-state index is 0.0448. The highest BCUT2D eigenvalue weighted by atomic mass is 19.1. The highest BCUT2D eigenvalue weighted by molar-refractivity contribution is 5.97. The minimum Gasteiger partial charge on any atom is -0.481 e. The maximum Gasteiger partial charge on any atom is 0.275 e. The van der Waals surface area contributed by atoms with Crippen molar-refractivity contribution in [2.45, 2.75) is 25.2 Å². The van der Waals surface area contributed by atoms with Crippen molar-refractivity contribution in [3.05, 3.63) is 29.6 Å². The molecule has 1 saturated heterocycles. The summed E-state index contributed by atoms with van der Waals surface area (Å²) >= 11 is 0. The first-order valence-electron chi connectivity index (χ1n) is 8.99. The van der Waals surface area contributed by atoms with Gasteiger partial charge in [0.15, 0.2) is 5.69 Å². The van der Waals surface area contributed by atoms with Crippen LogP contribution in [0.3, 0.4) is 0 Å². The van der Waals surface area contributed by atoms with Gasteiger partial charge in [-0.3, -0.25) is 9.59 Å². The van der Waals surface area contributed by atoms with E-state index in [2.05, 4.69) is 15.3 Å². The summed E-state index contributed by atoms with van der Waals surface area (Å²) in [6.45, 7) is 0.169. The Labute approximate surface area is 167 Å². The number of ether oxygens (including phenoxy) is 2. The lowest BCUT2D eigenvalue weighted by Crippen LogP contribution is -2.38. The van der Waals surface area contributed by atoms with Crippen molar-refractivity contribution in [3.8, 4) is 11.8 Å². The molecule has 1 aliphatic heterocycles. The smallest absolute Gasteiger partial charge is 0.275 e. The third-order valence-corrected chi connectivity index (χ3v) is 4.65. The highest BCUT2D eigenvalue weighted by Crippen LogP contribution is 2.27. The summed E-state index contributed by atoms with van der Waals surface area (Å²) < 4.78 is 25.9. The number of carbonyl (C=O) groups excluding carboxylic acids is 2. The number of rotatable bonds is 6. The molecule has 2 atom stereocenters. The zero-order valence-electron chi connectivity index (χ0n) is 16.7. The molecule has 0 radical (unpaired) electrons. The van der Waals surface area contributed by atoms with Crippen molar-refractivity contribution >= 4 is 11.8 Å². The van der Waals surface area contributed by atoms with Crippen LogP contribution >= 0.6 is 0 Å². The second-order valence-corrected chi connectivity index (χ2v) is 6.88. The van der Waals surface area contributed by atoms with Crippen molar-refractivity contribution in [1.29, 1.82) is 0 Å². The van der Waals surface area contributed by atoms with Gasteiger partial charge in [-0.25, -0.2) is 9.07 Å². The van der Waals surface area contributed by atoms with Crippen LogP contribution in [0, 0.1) is 0 Å². The Morgan fingerprint density at radius 2 is 2.03 bits per heavy atom. The van der Waals surface area contributed by atoms with Crippen molar-refractivity contribution in [2.75, 3.05) is 34.9 Å². The van der Waals surface area contributed by atoms with Crippen molar-refractivity contribution < 1.29 is 23.5 Å². The fraction of sp³-hybridized carbons (Fsp3) is 0.500. The third kappa shape index (κ3) is 4.28. The van der Waals surface area contributed by atoms with Gasteiger partial charge in [0, 0.05) is 26.6 Å². The molecule has 1 fully saturated rings. The molecule has 0 unspecified atom stereocenters. The summed E-state index contributed by atoms with van der Waals surface area (Å²) in [5.74, 6) is -0.268. The molecule has 2 aromatic heterocycles. The van der Waals surface area contributed by atoms with Crippen LogP contribution in [0.4, 0.5) is 4.39 Å². The van der Waals surface area contributed by atoms with Crippen molar-refractivity contribution in [2.24, 2.45) is 0 Å². The number of amides is 2. The first kappa shape index (κ1) is 20.5. The molecular formula is C18H23FN6O4. The summed E-state index contributed by atoms with van der Waals surface area (Å²) in [5, 5.41) is 7.79. The SMILES string of the molecule is COc1ccc(C(=O)N2C[C@@H](F)C[C@H]2Cn2cc(C(=O)N(C)C)nn2)c(OC)n1. The summed E-state index contributed by atoms with van der Waals surface area (Å²) in [6.07, 6.45) is 0.494. The summed E-state index contributed by atoms with van der Waals surface area (Å²) in [6, 6.07) is 2.64. The van der Waals surface area contributed by atoms with Gasteiger partial charge >= 0.3 is 0 Å². The van der Waals surface area contributed by atoms with E-state index in [0.717, 1.165) is 0 Å². The Hall–Kier alpha value is -3.24. The number of aromatic nitrogens is 4. The normalized spacial score (nSPS) is 18.6. The van der Waals surface area contributed by atoms with E-state index in [9.17, 15) is 14.0 Å².